The quantitative estimate of drug-likeness (QED) is 0.315. The van der Waals surface area contributed by atoms with Crippen molar-refractivity contribution in [1.82, 2.24) is 14.5 Å². The fourth-order valence-corrected chi connectivity index (χ4v) is 11.6. The third kappa shape index (κ3) is 7.07. The number of hydrogen-bond donors (Lipinski definition) is 1. The molecule has 1 spiro atoms. The van der Waals surface area contributed by atoms with Gasteiger partial charge in [-0.1, -0.05) is 42.8 Å². The van der Waals surface area contributed by atoms with Crippen LogP contribution < -0.4 is 14.4 Å². The first kappa shape index (κ1) is 36.0. The van der Waals surface area contributed by atoms with Crippen molar-refractivity contribution < 1.29 is 23.3 Å². The molecule has 1 saturated carbocycles. The van der Waals surface area contributed by atoms with E-state index in [1.807, 2.05) is 37.0 Å². The van der Waals surface area contributed by atoms with Gasteiger partial charge in [0, 0.05) is 56.3 Å². The van der Waals surface area contributed by atoms with Gasteiger partial charge in [0.15, 0.2) is 0 Å². The molecule has 11 heteroatoms. The van der Waals surface area contributed by atoms with Crippen molar-refractivity contribution in [1.29, 1.82) is 0 Å². The minimum absolute atomic E-state index is 0.0336. The molecule has 3 aliphatic carbocycles. The molecule has 0 saturated heterocycles. The molecule has 53 heavy (non-hydrogen) atoms. The Hall–Kier alpha value is -3.96. The third-order valence-corrected chi connectivity index (χ3v) is 14.7. The number of nitrogens with zero attached hydrogens (tertiary/aromatic N) is 4. The number of benzene rings is 2. The zero-order chi connectivity index (χ0) is 36.9. The second-order valence-electron chi connectivity index (χ2n) is 16.5. The van der Waals surface area contributed by atoms with Gasteiger partial charge in [0.05, 0.1) is 30.3 Å². The van der Waals surface area contributed by atoms with E-state index in [9.17, 15) is 13.8 Å². The van der Waals surface area contributed by atoms with Crippen LogP contribution in [0, 0.1) is 30.6 Å². The van der Waals surface area contributed by atoms with E-state index in [0.29, 0.717) is 43.3 Å². The molecule has 10 nitrogen and oxygen atoms in total. The van der Waals surface area contributed by atoms with Crippen LogP contribution in [0.15, 0.2) is 59.1 Å². The number of carbonyl (C=O) groups is 2. The normalized spacial score (nSPS) is 31.8. The number of carbonyl (C=O) groups excluding carboxylic acids is 2. The first-order chi connectivity index (χ1) is 25.5. The number of rotatable bonds is 3. The highest BCUT2D eigenvalue weighted by molar-refractivity contribution is 7.92. The van der Waals surface area contributed by atoms with Crippen molar-refractivity contribution in [3.8, 4) is 5.75 Å². The van der Waals surface area contributed by atoms with Crippen LogP contribution >= 0.6 is 0 Å². The van der Waals surface area contributed by atoms with Gasteiger partial charge in [0.1, 0.15) is 15.7 Å². The summed E-state index contributed by atoms with van der Waals surface area (Å²) in [5.74, 6) is 0.167. The molecule has 2 bridgehead atoms. The highest BCUT2D eigenvalue weighted by Crippen LogP contribution is 2.47. The lowest BCUT2D eigenvalue weighted by Crippen LogP contribution is -2.49. The van der Waals surface area contributed by atoms with Gasteiger partial charge in [-0.05, 0) is 111 Å². The molecule has 8 rings (SSSR count). The summed E-state index contributed by atoms with van der Waals surface area (Å²) in [5, 5.41) is 4.37. The minimum Gasteiger partial charge on any atom is -0.490 e. The molecule has 1 fully saturated rings. The average molecular weight is 740 g/mol. The summed E-state index contributed by atoms with van der Waals surface area (Å²) >= 11 is 0. The molecular formula is C42H53N5O5S. The van der Waals surface area contributed by atoms with E-state index in [-0.39, 0.29) is 35.0 Å². The van der Waals surface area contributed by atoms with Crippen molar-refractivity contribution in [2.24, 2.45) is 35.1 Å². The number of methoxy groups -OCH3 is 1. The number of aromatic nitrogens is 2. The molecular weight excluding hydrogens is 687 g/mol. The van der Waals surface area contributed by atoms with Gasteiger partial charge >= 0.3 is 0 Å². The molecule has 3 aromatic rings. The summed E-state index contributed by atoms with van der Waals surface area (Å²) in [6.45, 7) is 6.29. The number of hydrogen-bond acceptors (Lipinski definition) is 7. The Balaban J connectivity index is 1.17. The fraction of sp³-hybridized carbons (Fsp3) is 0.548. The first-order valence-electron chi connectivity index (χ1n) is 19.4. The number of ether oxygens (including phenoxy) is 2. The Labute approximate surface area is 314 Å². The van der Waals surface area contributed by atoms with Gasteiger partial charge in [-0.3, -0.25) is 19.0 Å². The van der Waals surface area contributed by atoms with E-state index < -0.39 is 15.8 Å². The predicted octanol–water partition coefficient (Wildman–Crippen LogP) is 6.28. The summed E-state index contributed by atoms with van der Waals surface area (Å²) in [5.41, 5.74) is 7.21. The molecule has 7 atom stereocenters. The monoisotopic (exact) mass is 739 g/mol. The van der Waals surface area contributed by atoms with Gasteiger partial charge in [-0.2, -0.15) is 5.10 Å². The highest BCUT2D eigenvalue weighted by Gasteiger charge is 2.44. The van der Waals surface area contributed by atoms with Crippen LogP contribution in [-0.4, -0.2) is 64.5 Å². The third-order valence-electron chi connectivity index (χ3n) is 12.7. The van der Waals surface area contributed by atoms with Gasteiger partial charge in [-0.15, -0.1) is 4.36 Å². The summed E-state index contributed by atoms with van der Waals surface area (Å²) in [6.07, 6.45) is 14.0. The Morgan fingerprint density at radius 1 is 1.11 bits per heavy atom. The lowest BCUT2D eigenvalue weighted by Gasteiger charge is -2.46. The molecule has 3 heterocycles. The lowest BCUT2D eigenvalue weighted by atomic mass is 9.68. The van der Waals surface area contributed by atoms with Crippen LogP contribution in [-0.2, 0) is 51.2 Å². The number of fused-ring (bicyclic) bond motifs is 5. The van der Waals surface area contributed by atoms with E-state index in [0.717, 1.165) is 74.3 Å². The minimum atomic E-state index is -3.47. The van der Waals surface area contributed by atoms with Gasteiger partial charge < -0.3 is 14.4 Å². The average Bonchev–Trinajstić information content (AvgIpc) is 3.42. The number of allylic oxidation sites excluding steroid dienone is 1. The van der Waals surface area contributed by atoms with Crippen molar-refractivity contribution in [2.75, 3.05) is 37.5 Å². The second kappa shape index (κ2) is 14.4. The van der Waals surface area contributed by atoms with E-state index in [1.54, 1.807) is 13.2 Å². The predicted molar refractivity (Wildman–Crippen MR) is 207 cm³/mol. The van der Waals surface area contributed by atoms with Gasteiger partial charge in [0.25, 0.3) is 5.91 Å². The van der Waals surface area contributed by atoms with Crippen molar-refractivity contribution in [3.05, 3.63) is 88.3 Å². The number of aryl methyl sites for hydroxylation is 4. The standard InChI is InChI=1S/C42H53N5O5S/c1-27-10-16-35-29(19-27)8-6-18-42(35)25-47-23-33-13-15-34(33)38(51-4)9-5-7-28(2)24-53(50,45-41(49)31-14-17-39(52-26-42)37(47)21-31)44-40(48)30-11-12-32-22-43-46(3)36(32)20-30/h5,9-10,14,16-17,19,21-22,28,30,33-34,38H,6-8,11-13,15,18,20,23-26H2,1-4H3,(H,44,45,48,49,50)/b9-5+/t28-,30-,33-,34+,38-,42-,53?/m0/s1. The zero-order valence-corrected chi connectivity index (χ0v) is 32.3. The maximum absolute atomic E-state index is 14.8. The second-order valence-corrected chi connectivity index (χ2v) is 18.5. The molecule has 5 aliphatic rings. The van der Waals surface area contributed by atoms with Crippen molar-refractivity contribution in [3.63, 3.8) is 0 Å². The summed E-state index contributed by atoms with van der Waals surface area (Å²) in [7, 11) is 0.196. The van der Waals surface area contributed by atoms with Crippen LogP contribution in [0.2, 0.25) is 0 Å². The Bertz CT molecular complexity index is 2070. The molecule has 282 valence electrons. The maximum atomic E-state index is 14.8. The van der Waals surface area contributed by atoms with Crippen LogP contribution in [0.25, 0.3) is 0 Å². The Morgan fingerprint density at radius 3 is 2.79 bits per heavy atom. The van der Waals surface area contributed by atoms with Gasteiger partial charge in [-0.25, -0.2) is 4.21 Å². The Morgan fingerprint density at radius 2 is 1.98 bits per heavy atom. The number of anilines is 1. The topological polar surface area (TPSA) is 115 Å². The lowest BCUT2D eigenvalue weighted by molar-refractivity contribution is -0.123. The molecule has 2 aromatic carbocycles. The molecule has 1 aromatic heterocycles. The van der Waals surface area contributed by atoms with Crippen LogP contribution in [0.1, 0.15) is 83.8 Å². The largest absolute Gasteiger partial charge is 0.490 e. The van der Waals surface area contributed by atoms with Crippen molar-refractivity contribution in [2.45, 2.75) is 83.2 Å². The van der Waals surface area contributed by atoms with Gasteiger partial charge in [0.2, 0.25) is 5.91 Å². The summed E-state index contributed by atoms with van der Waals surface area (Å²) in [4.78, 5) is 30.4. The Kier molecular flexibility index (Phi) is 9.76. The number of nitrogens with one attached hydrogen (secondary N) is 1. The molecule has 1 N–H and O–H groups in total. The van der Waals surface area contributed by atoms with E-state index in [2.05, 4.69) is 56.4 Å². The van der Waals surface area contributed by atoms with Crippen LogP contribution in [0.4, 0.5) is 5.69 Å². The van der Waals surface area contributed by atoms with Crippen LogP contribution in [0.3, 0.4) is 0 Å². The molecule has 0 radical (unpaired) electrons. The first-order valence-corrected chi connectivity index (χ1v) is 21.1. The maximum Gasteiger partial charge on any atom is 0.286 e. The summed E-state index contributed by atoms with van der Waals surface area (Å²) < 4.78 is 36.6. The zero-order valence-electron chi connectivity index (χ0n) is 31.5. The number of amides is 2. The molecule has 1 unspecified atom stereocenters. The molecule has 2 amide bonds. The van der Waals surface area contributed by atoms with Crippen LogP contribution in [0.5, 0.6) is 5.75 Å². The molecule has 2 aliphatic heterocycles. The van der Waals surface area contributed by atoms with E-state index in [4.69, 9.17) is 9.47 Å². The van der Waals surface area contributed by atoms with Crippen molar-refractivity contribution >= 4 is 27.4 Å². The fourth-order valence-electron chi connectivity index (χ4n) is 9.64. The van der Waals surface area contributed by atoms with E-state index in [1.165, 1.54) is 16.7 Å². The van der Waals surface area contributed by atoms with E-state index >= 15 is 0 Å². The highest BCUT2D eigenvalue weighted by atomic mass is 32.2. The smallest absolute Gasteiger partial charge is 0.286 e. The SMILES string of the molecule is CO[C@H]1/C=C/C[C@H](C)CS(=O)(NC(=O)[C@H]2CCc3cnn(C)c3C2)=NC(=O)c2ccc3c(c2)N(C[C@@H]2CC[C@H]21)C[C@@]1(CCCc2cc(C)ccc21)CO3. The summed E-state index contributed by atoms with van der Waals surface area (Å²) in [6, 6.07) is 12.3.